The van der Waals surface area contributed by atoms with Crippen molar-refractivity contribution in [2.45, 2.75) is 64.5 Å². The number of hydrogen-bond donors (Lipinski definition) is 1. The molecule has 1 atom stereocenters. The standard InChI is InChI=1S/C14H23NO2/c1-12(2,3)17-11(16)10-13(5-4-6-13)14(10)7-9(15)8-14/h9-10H,4-8,15H2,1-3H3. The van der Waals surface area contributed by atoms with Crippen LogP contribution in [0.3, 0.4) is 0 Å². The fourth-order valence-corrected chi connectivity index (χ4v) is 4.41. The minimum Gasteiger partial charge on any atom is -0.460 e. The molecule has 3 aliphatic carbocycles. The summed E-state index contributed by atoms with van der Waals surface area (Å²) in [7, 11) is 0. The number of carbonyl (C=O) groups excluding carboxylic acids is 1. The molecule has 3 saturated carbocycles. The van der Waals surface area contributed by atoms with Crippen molar-refractivity contribution in [3.8, 4) is 0 Å². The van der Waals surface area contributed by atoms with E-state index < -0.39 is 0 Å². The number of rotatable bonds is 1. The van der Waals surface area contributed by atoms with E-state index in [1.54, 1.807) is 0 Å². The predicted octanol–water partition coefficient (Wildman–Crippen LogP) is 2.24. The maximum Gasteiger partial charge on any atom is 0.310 e. The van der Waals surface area contributed by atoms with E-state index in [0.717, 1.165) is 12.8 Å². The molecule has 3 heteroatoms. The van der Waals surface area contributed by atoms with Gasteiger partial charge in [0.25, 0.3) is 0 Å². The summed E-state index contributed by atoms with van der Waals surface area (Å²) in [6, 6.07) is 0.319. The van der Waals surface area contributed by atoms with Crippen molar-refractivity contribution in [2.24, 2.45) is 22.5 Å². The summed E-state index contributed by atoms with van der Waals surface area (Å²) in [5.74, 6) is 0.187. The van der Waals surface area contributed by atoms with Crippen LogP contribution in [0.25, 0.3) is 0 Å². The topological polar surface area (TPSA) is 52.3 Å². The van der Waals surface area contributed by atoms with Crippen LogP contribution in [0.15, 0.2) is 0 Å². The Balaban J connectivity index is 1.74. The lowest BCUT2D eigenvalue weighted by Gasteiger charge is -2.41. The summed E-state index contributed by atoms with van der Waals surface area (Å²) < 4.78 is 5.58. The van der Waals surface area contributed by atoms with E-state index in [9.17, 15) is 4.79 Å². The Morgan fingerprint density at radius 2 is 1.82 bits per heavy atom. The number of fused-ring (bicyclic) bond motifs is 1. The van der Waals surface area contributed by atoms with Crippen LogP contribution in [0.2, 0.25) is 0 Å². The lowest BCUT2D eigenvalue weighted by molar-refractivity contribution is -0.159. The minimum absolute atomic E-state index is 0.0316. The van der Waals surface area contributed by atoms with Crippen molar-refractivity contribution in [1.82, 2.24) is 0 Å². The maximum absolute atomic E-state index is 12.3. The van der Waals surface area contributed by atoms with Gasteiger partial charge in [0.1, 0.15) is 5.60 Å². The molecule has 0 bridgehead atoms. The van der Waals surface area contributed by atoms with Crippen LogP contribution in [-0.2, 0) is 9.53 Å². The van der Waals surface area contributed by atoms with Crippen LogP contribution in [0.5, 0.6) is 0 Å². The van der Waals surface area contributed by atoms with Gasteiger partial charge in [-0.1, -0.05) is 6.42 Å². The van der Waals surface area contributed by atoms with Gasteiger partial charge in [-0.2, -0.15) is 0 Å². The Bertz CT molecular complexity index is 359. The first-order chi connectivity index (χ1) is 7.81. The van der Waals surface area contributed by atoms with Gasteiger partial charge in [0, 0.05) is 6.04 Å². The fourth-order valence-electron chi connectivity index (χ4n) is 4.41. The second kappa shape index (κ2) is 3.05. The second-order valence-electron chi connectivity index (χ2n) is 7.30. The number of ether oxygens (including phenoxy) is 1. The summed E-state index contributed by atoms with van der Waals surface area (Å²) in [6.07, 6.45) is 5.78. The molecule has 0 radical (unpaired) electrons. The molecular formula is C14H23NO2. The van der Waals surface area contributed by atoms with E-state index in [2.05, 4.69) is 0 Å². The summed E-state index contributed by atoms with van der Waals surface area (Å²) in [6.45, 7) is 5.83. The van der Waals surface area contributed by atoms with E-state index in [1.807, 2.05) is 20.8 Å². The van der Waals surface area contributed by atoms with E-state index in [0.29, 0.717) is 11.5 Å². The normalized spacial score (nSPS) is 41.9. The molecule has 2 spiro atoms. The zero-order valence-electron chi connectivity index (χ0n) is 11.1. The van der Waals surface area contributed by atoms with E-state index in [4.69, 9.17) is 10.5 Å². The zero-order chi connectivity index (χ0) is 12.5. The van der Waals surface area contributed by atoms with Gasteiger partial charge in [-0.25, -0.2) is 0 Å². The van der Waals surface area contributed by atoms with Crippen LogP contribution in [0.4, 0.5) is 0 Å². The molecule has 0 aliphatic heterocycles. The largest absolute Gasteiger partial charge is 0.460 e. The molecule has 96 valence electrons. The van der Waals surface area contributed by atoms with Crippen LogP contribution in [0.1, 0.15) is 52.9 Å². The number of hydrogen-bond acceptors (Lipinski definition) is 3. The predicted molar refractivity (Wildman–Crippen MR) is 65.3 cm³/mol. The number of esters is 1. The highest BCUT2D eigenvalue weighted by molar-refractivity contribution is 5.80. The van der Waals surface area contributed by atoms with Crippen LogP contribution in [-0.4, -0.2) is 17.6 Å². The maximum atomic E-state index is 12.3. The lowest BCUT2D eigenvalue weighted by Crippen LogP contribution is -2.43. The van der Waals surface area contributed by atoms with Crippen LogP contribution >= 0.6 is 0 Å². The summed E-state index contributed by atoms with van der Waals surface area (Å²) in [5.41, 5.74) is 6.11. The number of nitrogens with two attached hydrogens (primary N) is 1. The van der Waals surface area contributed by atoms with E-state index in [-0.39, 0.29) is 22.9 Å². The molecule has 0 amide bonds. The Morgan fingerprint density at radius 1 is 1.24 bits per heavy atom. The Hall–Kier alpha value is -0.570. The van der Waals surface area contributed by atoms with Gasteiger partial charge in [-0.3, -0.25) is 4.79 Å². The first-order valence-electron chi connectivity index (χ1n) is 6.79. The molecule has 0 saturated heterocycles. The van der Waals surface area contributed by atoms with Gasteiger partial charge in [0.2, 0.25) is 0 Å². The number of carbonyl (C=O) groups is 1. The molecular weight excluding hydrogens is 214 g/mol. The van der Waals surface area contributed by atoms with Crippen molar-refractivity contribution in [3.63, 3.8) is 0 Å². The lowest BCUT2D eigenvalue weighted by atomic mass is 9.65. The SMILES string of the molecule is CC(C)(C)OC(=O)C1C2(CCC2)C12CC(N)C2. The third kappa shape index (κ3) is 1.35. The van der Waals surface area contributed by atoms with Gasteiger partial charge in [0.05, 0.1) is 5.92 Å². The third-order valence-corrected chi connectivity index (χ3v) is 5.15. The van der Waals surface area contributed by atoms with Crippen molar-refractivity contribution >= 4 is 5.97 Å². The van der Waals surface area contributed by atoms with Gasteiger partial charge in [-0.15, -0.1) is 0 Å². The molecule has 1 unspecified atom stereocenters. The van der Waals surface area contributed by atoms with Crippen LogP contribution in [0, 0.1) is 16.7 Å². The highest BCUT2D eigenvalue weighted by Gasteiger charge is 2.83. The zero-order valence-corrected chi connectivity index (χ0v) is 11.1. The van der Waals surface area contributed by atoms with Crippen molar-refractivity contribution in [2.75, 3.05) is 0 Å². The average molecular weight is 237 g/mol. The molecule has 17 heavy (non-hydrogen) atoms. The molecule has 0 aromatic rings. The molecule has 3 nitrogen and oxygen atoms in total. The van der Waals surface area contributed by atoms with Gasteiger partial charge in [0.15, 0.2) is 0 Å². The fraction of sp³-hybridized carbons (Fsp3) is 0.929. The Morgan fingerprint density at radius 3 is 2.18 bits per heavy atom. The summed E-state index contributed by atoms with van der Waals surface area (Å²) in [5, 5.41) is 0. The minimum atomic E-state index is -0.363. The van der Waals surface area contributed by atoms with Crippen molar-refractivity contribution < 1.29 is 9.53 Å². The molecule has 0 heterocycles. The highest BCUT2D eigenvalue weighted by atomic mass is 16.6. The molecule has 3 fully saturated rings. The highest BCUT2D eigenvalue weighted by Crippen LogP contribution is 2.84. The van der Waals surface area contributed by atoms with Crippen LogP contribution < -0.4 is 5.73 Å². The third-order valence-electron chi connectivity index (χ3n) is 5.15. The van der Waals surface area contributed by atoms with Crippen molar-refractivity contribution in [1.29, 1.82) is 0 Å². The van der Waals surface area contributed by atoms with E-state index >= 15 is 0 Å². The molecule has 3 aliphatic rings. The molecule has 0 aromatic heterocycles. The second-order valence-corrected chi connectivity index (χ2v) is 7.30. The Labute approximate surface area is 103 Å². The van der Waals surface area contributed by atoms with Gasteiger partial charge < -0.3 is 10.5 Å². The van der Waals surface area contributed by atoms with E-state index in [1.165, 1.54) is 19.3 Å². The van der Waals surface area contributed by atoms with Crippen molar-refractivity contribution in [3.05, 3.63) is 0 Å². The molecule has 2 N–H and O–H groups in total. The summed E-state index contributed by atoms with van der Waals surface area (Å²) >= 11 is 0. The monoisotopic (exact) mass is 237 g/mol. The van der Waals surface area contributed by atoms with Gasteiger partial charge >= 0.3 is 5.97 Å². The summed E-state index contributed by atoms with van der Waals surface area (Å²) in [4.78, 5) is 12.3. The van der Waals surface area contributed by atoms with Gasteiger partial charge in [-0.05, 0) is 57.3 Å². The Kier molecular flexibility index (Phi) is 2.07. The molecule has 3 rings (SSSR count). The molecule has 0 aromatic carbocycles. The smallest absolute Gasteiger partial charge is 0.310 e. The quantitative estimate of drug-likeness (QED) is 0.712. The first-order valence-corrected chi connectivity index (χ1v) is 6.79. The average Bonchev–Trinajstić information content (AvgIpc) is 2.64. The first kappa shape index (κ1) is 11.5.